The fourth-order valence-corrected chi connectivity index (χ4v) is 3.30. The summed E-state index contributed by atoms with van der Waals surface area (Å²) in [5, 5.41) is 18.2. The van der Waals surface area contributed by atoms with Crippen molar-refractivity contribution < 1.29 is 4.79 Å². The minimum Gasteiger partial charge on any atom is -0.368 e. The van der Waals surface area contributed by atoms with Crippen molar-refractivity contribution >= 4 is 5.91 Å². The van der Waals surface area contributed by atoms with Gasteiger partial charge in [0, 0.05) is 5.41 Å². The van der Waals surface area contributed by atoms with Gasteiger partial charge in [-0.1, -0.05) is 19.3 Å². The Morgan fingerprint density at radius 3 is 2.20 bits per heavy atom. The van der Waals surface area contributed by atoms with Crippen LogP contribution in [0.3, 0.4) is 0 Å². The van der Waals surface area contributed by atoms with E-state index in [1.165, 1.54) is 0 Å². The van der Waals surface area contributed by atoms with E-state index < -0.39 is 22.7 Å². The minimum atomic E-state index is -1.19. The van der Waals surface area contributed by atoms with Gasteiger partial charge in [0.25, 0.3) is 0 Å². The molecule has 2 N–H and O–H groups in total. The van der Waals surface area contributed by atoms with Gasteiger partial charge >= 0.3 is 0 Å². The summed E-state index contributed by atoms with van der Waals surface area (Å²) in [4.78, 5) is 11.4. The molecule has 0 aromatic heterocycles. The van der Waals surface area contributed by atoms with Crippen molar-refractivity contribution in [3.8, 4) is 12.1 Å². The van der Waals surface area contributed by atoms with Gasteiger partial charge < -0.3 is 5.73 Å². The molecule has 1 amide bonds. The molecule has 2 saturated carbocycles. The summed E-state index contributed by atoms with van der Waals surface area (Å²) in [6.07, 6.45) is 4.70. The summed E-state index contributed by atoms with van der Waals surface area (Å²) in [7, 11) is 0. The number of nitriles is 2. The van der Waals surface area contributed by atoms with Crippen LogP contribution in [0.5, 0.6) is 0 Å². The maximum absolute atomic E-state index is 11.4. The Labute approximate surface area is 88.7 Å². The van der Waals surface area contributed by atoms with Crippen molar-refractivity contribution in [2.45, 2.75) is 32.1 Å². The maximum Gasteiger partial charge on any atom is 0.239 e. The first-order valence-electron chi connectivity index (χ1n) is 5.26. The van der Waals surface area contributed by atoms with Crippen molar-refractivity contribution in [2.24, 2.45) is 22.5 Å². The molecule has 2 aliphatic rings. The van der Waals surface area contributed by atoms with E-state index in [0.717, 1.165) is 32.1 Å². The van der Waals surface area contributed by atoms with Crippen molar-refractivity contribution in [1.29, 1.82) is 10.5 Å². The molecule has 0 radical (unpaired) electrons. The van der Waals surface area contributed by atoms with Crippen LogP contribution in [0.15, 0.2) is 0 Å². The average Bonchev–Trinajstić information content (AvgIpc) is 2.80. The summed E-state index contributed by atoms with van der Waals surface area (Å²) in [5.41, 5.74) is 3.69. The zero-order valence-electron chi connectivity index (χ0n) is 8.49. The molecule has 2 aliphatic carbocycles. The summed E-state index contributed by atoms with van der Waals surface area (Å²) in [6.45, 7) is 0. The molecular weight excluding hydrogens is 190 g/mol. The SMILES string of the molecule is N#CC1C2(CCCCC2)C1(C#N)C(N)=O. The van der Waals surface area contributed by atoms with E-state index in [4.69, 9.17) is 16.3 Å². The molecular formula is C11H13N3O. The van der Waals surface area contributed by atoms with Crippen LogP contribution in [-0.4, -0.2) is 5.91 Å². The number of rotatable bonds is 1. The van der Waals surface area contributed by atoms with Gasteiger partial charge in [-0.05, 0) is 12.8 Å². The van der Waals surface area contributed by atoms with Crippen LogP contribution < -0.4 is 5.73 Å². The Morgan fingerprint density at radius 1 is 1.27 bits per heavy atom. The van der Waals surface area contributed by atoms with Crippen molar-refractivity contribution in [1.82, 2.24) is 0 Å². The smallest absolute Gasteiger partial charge is 0.239 e. The van der Waals surface area contributed by atoms with Crippen molar-refractivity contribution in [3.63, 3.8) is 0 Å². The monoisotopic (exact) mass is 203 g/mol. The Bertz CT molecular complexity index is 384. The van der Waals surface area contributed by atoms with Gasteiger partial charge in [0.1, 0.15) is 0 Å². The first kappa shape index (κ1) is 9.98. The second-order valence-corrected chi connectivity index (χ2v) is 4.56. The van der Waals surface area contributed by atoms with E-state index in [9.17, 15) is 4.79 Å². The third-order valence-electron chi connectivity index (χ3n) is 4.13. The number of primary amides is 1. The van der Waals surface area contributed by atoms with Crippen LogP contribution >= 0.6 is 0 Å². The largest absolute Gasteiger partial charge is 0.368 e. The number of amides is 1. The first-order chi connectivity index (χ1) is 7.15. The molecule has 2 fully saturated rings. The van der Waals surface area contributed by atoms with E-state index in [1.807, 2.05) is 6.07 Å². The number of hydrogen-bond acceptors (Lipinski definition) is 3. The van der Waals surface area contributed by atoms with Gasteiger partial charge in [0.2, 0.25) is 5.91 Å². The average molecular weight is 203 g/mol. The van der Waals surface area contributed by atoms with E-state index in [2.05, 4.69) is 6.07 Å². The number of carbonyl (C=O) groups is 1. The van der Waals surface area contributed by atoms with Crippen molar-refractivity contribution in [2.75, 3.05) is 0 Å². The highest BCUT2D eigenvalue weighted by molar-refractivity contribution is 5.90. The first-order valence-corrected chi connectivity index (χ1v) is 5.26. The Hall–Kier alpha value is -1.55. The molecule has 1 spiro atoms. The number of carbonyl (C=O) groups excluding carboxylic acids is 1. The Morgan fingerprint density at radius 2 is 1.87 bits per heavy atom. The van der Waals surface area contributed by atoms with Crippen LogP contribution in [-0.2, 0) is 4.79 Å². The molecule has 2 rings (SSSR count). The fourth-order valence-electron chi connectivity index (χ4n) is 3.30. The quantitative estimate of drug-likeness (QED) is 0.691. The normalized spacial score (nSPS) is 36.5. The van der Waals surface area contributed by atoms with Crippen molar-refractivity contribution in [3.05, 3.63) is 0 Å². The fraction of sp³-hybridized carbons (Fsp3) is 0.727. The molecule has 0 aromatic carbocycles. The molecule has 2 atom stereocenters. The number of hydrogen-bond donors (Lipinski definition) is 1. The number of nitrogens with zero attached hydrogens (tertiary/aromatic N) is 2. The van der Waals surface area contributed by atoms with Gasteiger partial charge in [-0.2, -0.15) is 10.5 Å². The van der Waals surface area contributed by atoms with E-state index in [1.54, 1.807) is 0 Å². The molecule has 78 valence electrons. The molecule has 0 bridgehead atoms. The maximum atomic E-state index is 11.4. The summed E-state index contributed by atoms with van der Waals surface area (Å²) >= 11 is 0. The third kappa shape index (κ3) is 0.920. The van der Waals surface area contributed by atoms with Crippen LogP contribution in [0.4, 0.5) is 0 Å². The highest BCUT2D eigenvalue weighted by atomic mass is 16.1. The predicted octanol–water partition coefficient (Wildman–Crippen LogP) is 1.09. The topological polar surface area (TPSA) is 90.7 Å². The van der Waals surface area contributed by atoms with Gasteiger partial charge in [0.15, 0.2) is 5.41 Å². The lowest BCUT2D eigenvalue weighted by Gasteiger charge is -2.23. The second-order valence-electron chi connectivity index (χ2n) is 4.56. The lowest BCUT2D eigenvalue weighted by atomic mass is 9.79. The lowest BCUT2D eigenvalue weighted by Crippen LogP contribution is -2.30. The summed E-state index contributed by atoms with van der Waals surface area (Å²) in [5.74, 6) is -1.09. The van der Waals surface area contributed by atoms with E-state index >= 15 is 0 Å². The molecule has 0 heterocycles. The zero-order chi connectivity index (χ0) is 11.1. The Balaban J connectivity index is 2.39. The van der Waals surface area contributed by atoms with E-state index in [0.29, 0.717) is 0 Å². The molecule has 0 aromatic rings. The molecule has 2 unspecified atom stereocenters. The summed E-state index contributed by atoms with van der Waals surface area (Å²) in [6, 6.07) is 4.12. The highest BCUT2D eigenvalue weighted by Crippen LogP contribution is 2.74. The molecule has 4 heteroatoms. The van der Waals surface area contributed by atoms with Crippen LogP contribution in [0, 0.1) is 39.4 Å². The standard InChI is InChI=1S/C11H13N3O/c12-6-8-10(4-2-1-3-5-10)11(8,7-13)9(14)15/h8H,1-5H2,(H2,14,15). The summed E-state index contributed by atoms with van der Waals surface area (Å²) < 4.78 is 0. The predicted molar refractivity (Wildman–Crippen MR) is 51.9 cm³/mol. The Kier molecular flexibility index (Phi) is 1.98. The highest BCUT2D eigenvalue weighted by Gasteiger charge is 2.80. The van der Waals surface area contributed by atoms with Crippen LogP contribution in [0.1, 0.15) is 32.1 Å². The van der Waals surface area contributed by atoms with Crippen LogP contribution in [0.25, 0.3) is 0 Å². The molecule has 4 nitrogen and oxygen atoms in total. The van der Waals surface area contributed by atoms with Gasteiger partial charge in [-0.3, -0.25) is 4.79 Å². The lowest BCUT2D eigenvalue weighted by molar-refractivity contribution is -0.122. The molecule has 0 saturated heterocycles. The van der Waals surface area contributed by atoms with Gasteiger partial charge in [-0.15, -0.1) is 0 Å². The van der Waals surface area contributed by atoms with E-state index in [-0.39, 0.29) is 0 Å². The zero-order valence-corrected chi connectivity index (χ0v) is 8.49. The van der Waals surface area contributed by atoms with Gasteiger partial charge in [-0.25, -0.2) is 0 Å². The van der Waals surface area contributed by atoms with Gasteiger partial charge in [0.05, 0.1) is 18.1 Å². The van der Waals surface area contributed by atoms with Crippen LogP contribution in [0.2, 0.25) is 0 Å². The molecule has 15 heavy (non-hydrogen) atoms. The second kappa shape index (κ2) is 2.97. The minimum absolute atomic E-state index is 0.416. The third-order valence-corrected chi connectivity index (χ3v) is 4.13. The molecule has 0 aliphatic heterocycles. The number of nitrogens with two attached hydrogens (primary N) is 1.